The molecule has 0 aromatic heterocycles. The highest BCUT2D eigenvalue weighted by Crippen LogP contribution is 2.15. The highest BCUT2D eigenvalue weighted by Gasteiger charge is 2.06. The molecule has 2 aromatic rings. The van der Waals surface area contributed by atoms with Gasteiger partial charge in [0, 0.05) is 15.0 Å². The van der Waals surface area contributed by atoms with E-state index in [0.717, 1.165) is 21.8 Å². The van der Waals surface area contributed by atoms with E-state index in [1.165, 1.54) is 11.1 Å². The van der Waals surface area contributed by atoms with E-state index in [1.54, 1.807) is 0 Å². The van der Waals surface area contributed by atoms with E-state index >= 15 is 0 Å². The second-order valence-electron chi connectivity index (χ2n) is 4.42. The van der Waals surface area contributed by atoms with Gasteiger partial charge in [-0.1, -0.05) is 56.1 Å². The lowest BCUT2D eigenvalue weighted by Gasteiger charge is -2.12. The molecule has 0 fully saturated rings. The Kier molecular flexibility index (Phi) is 4.98. The van der Waals surface area contributed by atoms with Gasteiger partial charge in [-0.25, -0.2) is 0 Å². The first-order valence-corrected chi connectivity index (χ1v) is 7.46. The smallest absolute Gasteiger partial charge is 0.0178 e. The fraction of sp³-hybridized carbons (Fsp3) is 0.200. The molecular formula is C15H15Br2N. The summed E-state index contributed by atoms with van der Waals surface area (Å²) in [7, 11) is 0. The zero-order chi connectivity index (χ0) is 13.0. The highest BCUT2D eigenvalue weighted by atomic mass is 79.9. The Hall–Kier alpha value is -0.640. The van der Waals surface area contributed by atoms with Gasteiger partial charge in [-0.15, -0.1) is 0 Å². The fourth-order valence-electron chi connectivity index (χ4n) is 1.96. The first-order valence-electron chi connectivity index (χ1n) is 5.88. The van der Waals surface area contributed by atoms with Crippen molar-refractivity contribution in [2.45, 2.75) is 18.9 Å². The summed E-state index contributed by atoms with van der Waals surface area (Å²) in [5.74, 6) is 0. The van der Waals surface area contributed by atoms with Crippen LogP contribution in [-0.4, -0.2) is 6.04 Å². The lowest BCUT2D eigenvalue weighted by molar-refractivity contribution is 0.664. The predicted octanol–water partition coefficient (Wildman–Crippen LogP) is 4.32. The third-order valence-electron chi connectivity index (χ3n) is 2.80. The highest BCUT2D eigenvalue weighted by molar-refractivity contribution is 9.10. The van der Waals surface area contributed by atoms with Gasteiger partial charge in [-0.05, 0) is 48.2 Å². The maximum atomic E-state index is 6.20. The lowest BCUT2D eigenvalue weighted by Crippen LogP contribution is -2.25. The molecule has 0 bridgehead atoms. The molecule has 0 saturated carbocycles. The van der Waals surface area contributed by atoms with E-state index in [1.807, 2.05) is 12.1 Å². The van der Waals surface area contributed by atoms with Crippen LogP contribution in [0.2, 0.25) is 0 Å². The summed E-state index contributed by atoms with van der Waals surface area (Å²) in [5.41, 5.74) is 8.75. The first-order chi connectivity index (χ1) is 8.63. The molecule has 1 atom stereocenters. The molecule has 1 nitrogen and oxygen atoms in total. The van der Waals surface area contributed by atoms with Gasteiger partial charge >= 0.3 is 0 Å². The van der Waals surface area contributed by atoms with E-state index in [2.05, 4.69) is 68.3 Å². The van der Waals surface area contributed by atoms with Gasteiger partial charge in [0.2, 0.25) is 0 Å². The molecule has 0 spiro atoms. The molecule has 2 aromatic carbocycles. The molecule has 0 aliphatic rings. The van der Waals surface area contributed by atoms with E-state index in [9.17, 15) is 0 Å². The first kappa shape index (κ1) is 13.8. The fourth-order valence-corrected chi connectivity index (χ4v) is 2.67. The van der Waals surface area contributed by atoms with Gasteiger partial charge in [0.1, 0.15) is 0 Å². The number of nitrogens with two attached hydrogens (primary N) is 1. The van der Waals surface area contributed by atoms with Crippen molar-refractivity contribution in [1.82, 2.24) is 0 Å². The second kappa shape index (κ2) is 6.50. The molecule has 1 unspecified atom stereocenters. The summed E-state index contributed by atoms with van der Waals surface area (Å²) in [6.07, 6.45) is 1.80. The number of benzene rings is 2. The Bertz CT molecular complexity index is 508. The van der Waals surface area contributed by atoms with Crippen LogP contribution >= 0.6 is 31.9 Å². The normalized spacial score (nSPS) is 12.4. The van der Waals surface area contributed by atoms with Crippen molar-refractivity contribution in [1.29, 1.82) is 0 Å². The van der Waals surface area contributed by atoms with Crippen LogP contribution in [0.1, 0.15) is 11.1 Å². The summed E-state index contributed by atoms with van der Waals surface area (Å²) in [6.45, 7) is 0. The zero-order valence-corrected chi connectivity index (χ0v) is 13.1. The van der Waals surface area contributed by atoms with Crippen LogP contribution in [-0.2, 0) is 12.8 Å². The maximum Gasteiger partial charge on any atom is 0.0178 e. The van der Waals surface area contributed by atoms with Gasteiger partial charge in [0.25, 0.3) is 0 Å². The Morgan fingerprint density at radius 1 is 0.833 bits per heavy atom. The van der Waals surface area contributed by atoms with Crippen LogP contribution in [0.15, 0.2) is 57.5 Å². The summed E-state index contributed by atoms with van der Waals surface area (Å²) in [6, 6.07) is 16.8. The van der Waals surface area contributed by atoms with Crippen molar-refractivity contribution < 1.29 is 0 Å². The Labute approximate surface area is 125 Å². The van der Waals surface area contributed by atoms with Gasteiger partial charge in [-0.3, -0.25) is 0 Å². The van der Waals surface area contributed by atoms with Crippen LogP contribution in [0.25, 0.3) is 0 Å². The predicted molar refractivity (Wildman–Crippen MR) is 83.7 cm³/mol. The van der Waals surface area contributed by atoms with E-state index in [4.69, 9.17) is 5.73 Å². The molecule has 2 N–H and O–H groups in total. The van der Waals surface area contributed by atoms with Crippen LogP contribution in [0.5, 0.6) is 0 Å². The average molecular weight is 369 g/mol. The molecule has 0 radical (unpaired) electrons. The van der Waals surface area contributed by atoms with E-state index in [-0.39, 0.29) is 6.04 Å². The summed E-state index contributed by atoms with van der Waals surface area (Å²) < 4.78 is 2.21. The molecular weight excluding hydrogens is 354 g/mol. The molecule has 18 heavy (non-hydrogen) atoms. The minimum Gasteiger partial charge on any atom is -0.327 e. The minimum atomic E-state index is 0.153. The number of hydrogen-bond donors (Lipinski definition) is 1. The SMILES string of the molecule is NC(Cc1ccc(Br)cc1)Cc1cccc(Br)c1. The largest absolute Gasteiger partial charge is 0.327 e. The molecule has 0 saturated heterocycles. The van der Waals surface area contributed by atoms with Crippen molar-refractivity contribution in [3.8, 4) is 0 Å². The number of rotatable bonds is 4. The summed E-state index contributed by atoms with van der Waals surface area (Å²) >= 11 is 6.92. The molecule has 0 aliphatic carbocycles. The van der Waals surface area contributed by atoms with E-state index < -0.39 is 0 Å². The monoisotopic (exact) mass is 367 g/mol. The molecule has 2 rings (SSSR count). The lowest BCUT2D eigenvalue weighted by atomic mass is 10.00. The molecule has 0 amide bonds. The summed E-state index contributed by atoms with van der Waals surface area (Å²) in [4.78, 5) is 0. The molecule has 3 heteroatoms. The quantitative estimate of drug-likeness (QED) is 0.854. The summed E-state index contributed by atoms with van der Waals surface area (Å²) in [5, 5.41) is 0. The third-order valence-corrected chi connectivity index (χ3v) is 3.82. The van der Waals surface area contributed by atoms with Crippen molar-refractivity contribution in [2.75, 3.05) is 0 Å². The van der Waals surface area contributed by atoms with Gasteiger partial charge in [-0.2, -0.15) is 0 Å². The molecule has 0 aliphatic heterocycles. The van der Waals surface area contributed by atoms with E-state index in [0.29, 0.717) is 0 Å². The Morgan fingerprint density at radius 2 is 1.50 bits per heavy atom. The average Bonchev–Trinajstić information content (AvgIpc) is 2.32. The molecule has 0 heterocycles. The number of halogens is 2. The van der Waals surface area contributed by atoms with Crippen molar-refractivity contribution in [3.63, 3.8) is 0 Å². The number of hydrogen-bond acceptors (Lipinski definition) is 1. The maximum absolute atomic E-state index is 6.20. The van der Waals surface area contributed by atoms with Crippen LogP contribution < -0.4 is 5.73 Å². The van der Waals surface area contributed by atoms with Gasteiger partial charge in [0.15, 0.2) is 0 Å². The van der Waals surface area contributed by atoms with Crippen LogP contribution in [0, 0.1) is 0 Å². The Morgan fingerprint density at radius 3 is 2.17 bits per heavy atom. The topological polar surface area (TPSA) is 26.0 Å². The Balaban J connectivity index is 1.96. The molecule has 94 valence electrons. The van der Waals surface area contributed by atoms with Crippen LogP contribution in [0.4, 0.5) is 0 Å². The zero-order valence-electron chi connectivity index (χ0n) is 9.94. The standard InChI is InChI=1S/C15H15Br2N/c16-13-6-4-11(5-7-13)9-15(18)10-12-2-1-3-14(17)8-12/h1-8,15H,9-10,18H2. The van der Waals surface area contributed by atoms with Gasteiger partial charge in [0.05, 0.1) is 0 Å². The van der Waals surface area contributed by atoms with Gasteiger partial charge < -0.3 is 5.73 Å². The third kappa shape index (κ3) is 4.23. The van der Waals surface area contributed by atoms with Crippen molar-refractivity contribution in [3.05, 3.63) is 68.6 Å². The van der Waals surface area contributed by atoms with Crippen molar-refractivity contribution in [2.24, 2.45) is 5.73 Å². The van der Waals surface area contributed by atoms with Crippen LogP contribution in [0.3, 0.4) is 0 Å². The minimum absolute atomic E-state index is 0.153. The second-order valence-corrected chi connectivity index (χ2v) is 6.26. The van der Waals surface area contributed by atoms with Crippen molar-refractivity contribution >= 4 is 31.9 Å².